The van der Waals surface area contributed by atoms with Gasteiger partial charge in [0.05, 0.1) is 12.6 Å². The zero-order chi connectivity index (χ0) is 17.9. The van der Waals surface area contributed by atoms with Gasteiger partial charge in [0.1, 0.15) is 5.01 Å². The van der Waals surface area contributed by atoms with Gasteiger partial charge in [0.2, 0.25) is 0 Å². The molecule has 1 heterocycles. The van der Waals surface area contributed by atoms with E-state index in [9.17, 15) is 13.2 Å². The van der Waals surface area contributed by atoms with E-state index in [1.165, 1.54) is 0 Å². The van der Waals surface area contributed by atoms with Gasteiger partial charge in [0, 0.05) is 15.4 Å². The van der Waals surface area contributed by atoms with Gasteiger partial charge in [-0.15, -0.1) is 11.3 Å². The summed E-state index contributed by atoms with van der Waals surface area (Å²) in [5, 5.41) is 5.09. The maximum atomic E-state index is 12.5. The Balaban J connectivity index is 1.99. The van der Waals surface area contributed by atoms with Gasteiger partial charge in [-0.3, -0.25) is 0 Å². The van der Waals surface area contributed by atoms with Crippen LogP contribution in [0.5, 0.6) is 0 Å². The molecule has 10 heteroatoms. The average Bonchev–Trinajstić information content (AvgIpc) is 2.93. The molecule has 0 saturated heterocycles. The first-order valence-electron chi connectivity index (χ1n) is 6.70. The second kappa shape index (κ2) is 7.58. The molecule has 1 aromatic heterocycles. The fourth-order valence-corrected chi connectivity index (χ4v) is 3.16. The number of nitrogens with one attached hydrogen (secondary N) is 1. The van der Waals surface area contributed by atoms with Gasteiger partial charge in [-0.05, 0) is 24.6 Å². The largest absolute Gasteiger partial charge is 0.434 e. The molecule has 3 N–H and O–H groups in total. The molecule has 4 nitrogen and oxygen atoms in total. The van der Waals surface area contributed by atoms with Crippen LogP contribution in [0.3, 0.4) is 0 Å². The van der Waals surface area contributed by atoms with E-state index in [0.717, 1.165) is 22.3 Å². The molecule has 130 valence electrons. The van der Waals surface area contributed by atoms with Crippen LogP contribution in [0.4, 0.5) is 13.2 Å². The van der Waals surface area contributed by atoms with Crippen LogP contribution in [-0.2, 0) is 12.7 Å². The maximum absolute atomic E-state index is 12.5. The summed E-state index contributed by atoms with van der Waals surface area (Å²) >= 11 is 12.8. The molecule has 1 atom stereocenters. The highest BCUT2D eigenvalue weighted by Crippen LogP contribution is 2.30. The van der Waals surface area contributed by atoms with E-state index in [4.69, 9.17) is 28.9 Å². The highest BCUT2D eigenvalue weighted by Gasteiger charge is 2.33. The summed E-state index contributed by atoms with van der Waals surface area (Å²) in [4.78, 5) is 7.48. The smallest absolute Gasteiger partial charge is 0.370 e. The normalized spacial score (nSPS) is 13.8. The van der Waals surface area contributed by atoms with Gasteiger partial charge in [0.15, 0.2) is 11.7 Å². The van der Waals surface area contributed by atoms with Crippen LogP contribution < -0.4 is 11.1 Å². The van der Waals surface area contributed by atoms with Gasteiger partial charge in [0.25, 0.3) is 0 Å². The number of thiazole rings is 1. The molecule has 0 saturated carbocycles. The van der Waals surface area contributed by atoms with Crippen molar-refractivity contribution >= 4 is 40.5 Å². The standard InChI is InChI=1S/C14H13Cl2F3N4S/c1-7(9-3-2-8(15)4-10(9)16)22-13(20)21-5-12-23-11(6-24-12)14(17,18)19/h2-4,6-7H,5H2,1H3,(H3,20,21,22). The van der Waals surface area contributed by atoms with Crippen molar-refractivity contribution < 1.29 is 13.2 Å². The molecular weight excluding hydrogens is 384 g/mol. The topological polar surface area (TPSA) is 63.3 Å². The summed E-state index contributed by atoms with van der Waals surface area (Å²) in [6.07, 6.45) is -4.46. The molecule has 1 unspecified atom stereocenters. The molecule has 0 bridgehead atoms. The van der Waals surface area contributed by atoms with E-state index >= 15 is 0 Å². The molecule has 24 heavy (non-hydrogen) atoms. The Hall–Kier alpha value is -1.51. The highest BCUT2D eigenvalue weighted by molar-refractivity contribution is 7.09. The fourth-order valence-electron chi connectivity index (χ4n) is 1.86. The summed E-state index contributed by atoms with van der Waals surface area (Å²) in [6, 6.07) is 4.81. The summed E-state index contributed by atoms with van der Waals surface area (Å²) in [6.45, 7) is 1.78. The van der Waals surface area contributed by atoms with E-state index in [1.807, 2.05) is 6.92 Å². The van der Waals surface area contributed by atoms with Crippen LogP contribution in [0.1, 0.15) is 29.2 Å². The first kappa shape index (κ1) is 18.8. The van der Waals surface area contributed by atoms with Crippen molar-refractivity contribution in [3.05, 3.63) is 49.9 Å². The summed E-state index contributed by atoms with van der Waals surface area (Å²) in [5.74, 6) is 0.0808. The van der Waals surface area contributed by atoms with Gasteiger partial charge in [-0.2, -0.15) is 13.2 Å². The third kappa shape index (κ3) is 4.99. The Bertz CT molecular complexity index is 746. The molecule has 0 aliphatic heterocycles. The van der Waals surface area contributed by atoms with Crippen molar-refractivity contribution in [2.24, 2.45) is 10.7 Å². The monoisotopic (exact) mass is 396 g/mol. The number of rotatable bonds is 4. The number of guanidine groups is 1. The van der Waals surface area contributed by atoms with Gasteiger partial charge < -0.3 is 11.1 Å². The molecule has 1 aromatic carbocycles. The van der Waals surface area contributed by atoms with Crippen LogP contribution in [-0.4, -0.2) is 10.9 Å². The molecule has 0 radical (unpaired) electrons. The van der Waals surface area contributed by atoms with Crippen molar-refractivity contribution in [2.45, 2.75) is 25.7 Å². The number of hydrogen-bond donors (Lipinski definition) is 2. The van der Waals surface area contributed by atoms with Crippen molar-refractivity contribution in [3.63, 3.8) is 0 Å². The quantitative estimate of drug-likeness (QED) is 0.584. The summed E-state index contributed by atoms with van der Waals surface area (Å²) in [5.41, 5.74) is 5.60. The minimum atomic E-state index is -4.46. The Kier molecular flexibility index (Phi) is 5.95. The van der Waals surface area contributed by atoms with E-state index in [-0.39, 0.29) is 23.6 Å². The number of nitrogens with zero attached hydrogens (tertiary/aromatic N) is 2. The van der Waals surface area contributed by atoms with Crippen molar-refractivity contribution in [1.82, 2.24) is 10.3 Å². The lowest BCUT2D eigenvalue weighted by molar-refractivity contribution is -0.140. The van der Waals surface area contributed by atoms with Crippen molar-refractivity contribution in [2.75, 3.05) is 0 Å². The Morgan fingerprint density at radius 1 is 1.42 bits per heavy atom. The third-order valence-corrected chi connectivity index (χ3v) is 4.42. The van der Waals surface area contributed by atoms with E-state index in [2.05, 4.69) is 15.3 Å². The number of alkyl halides is 3. The Morgan fingerprint density at radius 2 is 2.12 bits per heavy atom. The second-order valence-corrected chi connectivity index (χ2v) is 6.64. The van der Waals surface area contributed by atoms with Crippen LogP contribution in [0, 0.1) is 0 Å². The number of aliphatic imine (C=N–C) groups is 1. The first-order valence-corrected chi connectivity index (χ1v) is 8.33. The molecule has 2 aromatic rings. The van der Waals surface area contributed by atoms with E-state index in [1.54, 1.807) is 18.2 Å². The predicted molar refractivity (Wildman–Crippen MR) is 90.5 cm³/mol. The van der Waals surface area contributed by atoms with E-state index in [0.29, 0.717) is 10.0 Å². The Labute approximate surface area is 150 Å². The van der Waals surface area contributed by atoms with Crippen molar-refractivity contribution in [3.8, 4) is 0 Å². The minimum Gasteiger partial charge on any atom is -0.370 e. The minimum absolute atomic E-state index is 0.0410. The van der Waals surface area contributed by atoms with Crippen LogP contribution in [0.25, 0.3) is 0 Å². The summed E-state index contributed by atoms with van der Waals surface area (Å²) < 4.78 is 37.4. The summed E-state index contributed by atoms with van der Waals surface area (Å²) in [7, 11) is 0. The number of aromatic nitrogens is 1. The van der Waals surface area contributed by atoms with E-state index < -0.39 is 11.9 Å². The van der Waals surface area contributed by atoms with Crippen molar-refractivity contribution in [1.29, 1.82) is 0 Å². The predicted octanol–water partition coefficient (Wildman–Crippen LogP) is 4.63. The fraction of sp³-hybridized carbons (Fsp3) is 0.286. The van der Waals surface area contributed by atoms with Gasteiger partial charge >= 0.3 is 6.18 Å². The lowest BCUT2D eigenvalue weighted by Crippen LogP contribution is -2.34. The van der Waals surface area contributed by atoms with Crippen LogP contribution in [0.15, 0.2) is 28.6 Å². The number of nitrogens with two attached hydrogens (primary N) is 1. The highest BCUT2D eigenvalue weighted by atomic mass is 35.5. The first-order chi connectivity index (χ1) is 11.2. The third-order valence-electron chi connectivity index (χ3n) is 3.02. The lowest BCUT2D eigenvalue weighted by atomic mass is 10.1. The Morgan fingerprint density at radius 3 is 2.71 bits per heavy atom. The molecular formula is C14H13Cl2F3N4S. The molecule has 0 fully saturated rings. The molecule has 0 amide bonds. The molecule has 2 rings (SSSR count). The number of halogens is 5. The zero-order valence-corrected chi connectivity index (χ0v) is 14.7. The zero-order valence-electron chi connectivity index (χ0n) is 12.4. The van der Waals surface area contributed by atoms with Gasteiger partial charge in [-0.1, -0.05) is 29.3 Å². The average molecular weight is 397 g/mol. The second-order valence-electron chi connectivity index (χ2n) is 4.86. The number of hydrogen-bond acceptors (Lipinski definition) is 3. The van der Waals surface area contributed by atoms with Crippen LogP contribution >= 0.6 is 34.5 Å². The maximum Gasteiger partial charge on any atom is 0.434 e. The van der Waals surface area contributed by atoms with Crippen LogP contribution in [0.2, 0.25) is 10.0 Å². The van der Waals surface area contributed by atoms with Gasteiger partial charge in [-0.25, -0.2) is 9.98 Å². The SMILES string of the molecule is CC(NC(N)=NCc1nc(C(F)(F)F)cs1)c1ccc(Cl)cc1Cl. The lowest BCUT2D eigenvalue weighted by Gasteiger charge is -2.16. The number of benzene rings is 1. The molecule has 0 aliphatic carbocycles. The molecule has 0 spiro atoms. The molecule has 0 aliphatic rings.